The molecule has 0 bridgehead atoms. The van der Waals surface area contributed by atoms with Crippen molar-refractivity contribution in [2.24, 2.45) is 0 Å². The zero-order valence-corrected chi connectivity index (χ0v) is 8.82. The summed E-state index contributed by atoms with van der Waals surface area (Å²) in [6.07, 6.45) is 2.10. The normalized spacial score (nSPS) is 9.87. The summed E-state index contributed by atoms with van der Waals surface area (Å²) in [5.74, 6) is 5.29. The Balaban J connectivity index is 3.67. The van der Waals surface area contributed by atoms with Gasteiger partial charge in [0.25, 0.3) is 0 Å². The van der Waals surface area contributed by atoms with Crippen LogP contribution in [0.4, 0.5) is 13.2 Å². The van der Waals surface area contributed by atoms with Gasteiger partial charge in [0.15, 0.2) is 0 Å². The van der Waals surface area contributed by atoms with E-state index in [1.54, 1.807) is 0 Å². The first kappa shape index (κ1) is 13.9. The van der Waals surface area contributed by atoms with Gasteiger partial charge < -0.3 is 0 Å². The highest BCUT2D eigenvalue weighted by molar-refractivity contribution is 5.15. The first-order valence-electron chi connectivity index (χ1n) is 5.03. The van der Waals surface area contributed by atoms with Crippen LogP contribution in [0.25, 0.3) is 0 Å². The molecule has 3 heteroatoms. The first-order valence-corrected chi connectivity index (χ1v) is 5.03. The van der Waals surface area contributed by atoms with Crippen molar-refractivity contribution in [1.82, 2.24) is 0 Å². The van der Waals surface area contributed by atoms with Crippen LogP contribution in [0.15, 0.2) is 17.9 Å². The third-order valence-corrected chi connectivity index (χ3v) is 1.66. The van der Waals surface area contributed by atoms with E-state index in [1.807, 2.05) is 5.73 Å². The molecule has 0 aliphatic rings. The Morgan fingerprint density at radius 1 is 1.13 bits per heavy atom. The fourth-order valence-electron chi connectivity index (χ4n) is 0.941. The standard InChI is InChI=1S/C12H15F3/c1-2-3-4-5-6-7-8-9-10-11-12(13,14)15/h9,11H,2-6H2,1H3. The van der Waals surface area contributed by atoms with Crippen LogP contribution >= 0.6 is 0 Å². The molecule has 15 heavy (non-hydrogen) atoms. The van der Waals surface area contributed by atoms with Gasteiger partial charge in [-0.2, -0.15) is 13.2 Å². The molecule has 0 aromatic rings. The highest BCUT2D eigenvalue weighted by Crippen LogP contribution is 2.14. The van der Waals surface area contributed by atoms with Crippen LogP contribution in [0, 0.1) is 11.8 Å². The lowest BCUT2D eigenvalue weighted by molar-refractivity contribution is -0.0796. The second-order valence-electron chi connectivity index (χ2n) is 3.13. The Morgan fingerprint density at radius 3 is 2.47 bits per heavy atom. The van der Waals surface area contributed by atoms with Crippen LogP contribution in [-0.4, -0.2) is 6.18 Å². The molecule has 0 rings (SSSR count). The SMILES string of the molecule is CCCCCCC#CC=C=CC(F)(F)F. The summed E-state index contributed by atoms with van der Waals surface area (Å²) in [7, 11) is 0. The van der Waals surface area contributed by atoms with Crippen LogP contribution in [0.2, 0.25) is 0 Å². The first-order chi connectivity index (χ1) is 7.06. The van der Waals surface area contributed by atoms with Gasteiger partial charge in [-0.3, -0.25) is 0 Å². The van der Waals surface area contributed by atoms with Gasteiger partial charge >= 0.3 is 6.18 Å². The van der Waals surface area contributed by atoms with Crippen LogP contribution in [-0.2, 0) is 0 Å². The molecule has 0 aromatic carbocycles. The lowest BCUT2D eigenvalue weighted by Gasteiger charge is -1.92. The number of alkyl halides is 3. The van der Waals surface area contributed by atoms with E-state index >= 15 is 0 Å². The van der Waals surface area contributed by atoms with Crippen LogP contribution in [0.1, 0.15) is 39.0 Å². The van der Waals surface area contributed by atoms with Gasteiger partial charge in [-0.25, -0.2) is 0 Å². The van der Waals surface area contributed by atoms with E-state index in [1.165, 1.54) is 12.8 Å². The summed E-state index contributed by atoms with van der Waals surface area (Å²) >= 11 is 0. The van der Waals surface area contributed by atoms with Gasteiger partial charge in [0.1, 0.15) is 0 Å². The van der Waals surface area contributed by atoms with E-state index in [4.69, 9.17) is 0 Å². The number of rotatable bonds is 4. The van der Waals surface area contributed by atoms with Crippen molar-refractivity contribution in [3.05, 3.63) is 17.9 Å². The van der Waals surface area contributed by atoms with E-state index < -0.39 is 6.18 Å². The molecular formula is C12H15F3. The molecule has 0 heterocycles. The molecule has 0 atom stereocenters. The summed E-state index contributed by atoms with van der Waals surface area (Å²) in [4.78, 5) is 0. The third kappa shape index (κ3) is 12.9. The minimum Gasteiger partial charge on any atom is -0.166 e. The fraction of sp³-hybridized carbons (Fsp3) is 0.583. The Hall–Kier alpha value is -1.13. The van der Waals surface area contributed by atoms with Crippen molar-refractivity contribution in [2.45, 2.75) is 45.2 Å². The summed E-state index contributed by atoms with van der Waals surface area (Å²) in [6, 6.07) is 0. The van der Waals surface area contributed by atoms with Gasteiger partial charge in [0.05, 0.1) is 6.08 Å². The van der Waals surface area contributed by atoms with Gasteiger partial charge in [0.2, 0.25) is 0 Å². The Bertz CT molecular complexity index is 269. The second-order valence-corrected chi connectivity index (χ2v) is 3.13. The van der Waals surface area contributed by atoms with Crippen molar-refractivity contribution < 1.29 is 13.2 Å². The highest BCUT2D eigenvalue weighted by Gasteiger charge is 2.21. The Morgan fingerprint density at radius 2 is 1.87 bits per heavy atom. The zero-order chi connectivity index (χ0) is 11.6. The second kappa shape index (κ2) is 8.20. The molecule has 0 aromatic heterocycles. The quantitative estimate of drug-likeness (QED) is 0.374. The number of unbranched alkanes of at least 4 members (excludes halogenated alkanes) is 4. The fourth-order valence-corrected chi connectivity index (χ4v) is 0.941. The van der Waals surface area contributed by atoms with E-state index in [0.29, 0.717) is 0 Å². The molecule has 0 aliphatic heterocycles. The molecular weight excluding hydrogens is 201 g/mol. The largest absolute Gasteiger partial charge is 0.416 e. The molecule has 0 saturated carbocycles. The summed E-state index contributed by atoms with van der Waals surface area (Å²) in [5.41, 5.74) is 1.98. The van der Waals surface area contributed by atoms with Gasteiger partial charge in [-0.15, -0.1) is 5.73 Å². The van der Waals surface area contributed by atoms with Gasteiger partial charge in [-0.05, 0) is 6.42 Å². The van der Waals surface area contributed by atoms with E-state index in [2.05, 4.69) is 18.8 Å². The number of halogens is 3. The van der Waals surface area contributed by atoms with E-state index in [-0.39, 0.29) is 6.08 Å². The number of hydrogen-bond acceptors (Lipinski definition) is 0. The molecule has 0 aliphatic carbocycles. The molecule has 0 fully saturated rings. The Labute approximate surface area is 88.9 Å². The lowest BCUT2D eigenvalue weighted by atomic mass is 10.2. The van der Waals surface area contributed by atoms with Crippen LogP contribution < -0.4 is 0 Å². The molecule has 0 unspecified atom stereocenters. The minimum absolute atomic E-state index is 0.0543. The van der Waals surface area contributed by atoms with Crippen molar-refractivity contribution in [1.29, 1.82) is 0 Å². The third-order valence-electron chi connectivity index (χ3n) is 1.66. The molecule has 0 saturated heterocycles. The molecule has 0 amide bonds. The van der Waals surface area contributed by atoms with E-state index in [9.17, 15) is 13.2 Å². The van der Waals surface area contributed by atoms with Gasteiger partial charge in [0, 0.05) is 12.5 Å². The Kier molecular flexibility index (Phi) is 7.58. The molecule has 0 N–H and O–H groups in total. The predicted molar refractivity (Wildman–Crippen MR) is 55.2 cm³/mol. The van der Waals surface area contributed by atoms with Crippen molar-refractivity contribution in [3.8, 4) is 11.8 Å². The van der Waals surface area contributed by atoms with Crippen LogP contribution in [0.5, 0.6) is 0 Å². The van der Waals surface area contributed by atoms with Crippen molar-refractivity contribution >= 4 is 0 Å². The molecule has 84 valence electrons. The monoisotopic (exact) mass is 216 g/mol. The van der Waals surface area contributed by atoms with E-state index in [0.717, 1.165) is 25.3 Å². The maximum atomic E-state index is 11.6. The van der Waals surface area contributed by atoms with Crippen LogP contribution in [0.3, 0.4) is 0 Å². The highest BCUT2D eigenvalue weighted by atomic mass is 19.4. The van der Waals surface area contributed by atoms with Crippen molar-refractivity contribution in [2.75, 3.05) is 0 Å². The minimum atomic E-state index is -4.29. The lowest BCUT2D eigenvalue weighted by Crippen LogP contribution is -1.99. The summed E-state index contributed by atoms with van der Waals surface area (Å²) in [6.45, 7) is 2.12. The average molecular weight is 216 g/mol. The summed E-state index contributed by atoms with van der Waals surface area (Å²) in [5, 5.41) is 0. The smallest absolute Gasteiger partial charge is 0.166 e. The molecule has 0 radical (unpaired) electrons. The van der Waals surface area contributed by atoms with Crippen molar-refractivity contribution in [3.63, 3.8) is 0 Å². The molecule has 0 spiro atoms. The topological polar surface area (TPSA) is 0 Å². The maximum absolute atomic E-state index is 11.6. The maximum Gasteiger partial charge on any atom is 0.416 e. The number of allylic oxidation sites excluding steroid dienone is 1. The van der Waals surface area contributed by atoms with Gasteiger partial charge in [-0.1, -0.05) is 38.0 Å². The number of hydrogen-bond donors (Lipinski definition) is 0. The average Bonchev–Trinajstić information content (AvgIpc) is 2.14. The summed E-state index contributed by atoms with van der Waals surface area (Å²) < 4.78 is 34.8. The zero-order valence-electron chi connectivity index (χ0n) is 8.82. The predicted octanol–water partition coefficient (Wildman–Crippen LogP) is 4.23. The molecule has 0 nitrogen and oxygen atoms in total.